The maximum Gasteiger partial charge on any atom is 0.261 e. The van der Waals surface area contributed by atoms with Gasteiger partial charge in [-0.2, -0.15) is 4.98 Å². The monoisotopic (exact) mass is 403 g/mol. The van der Waals surface area contributed by atoms with Gasteiger partial charge >= 0.3 is 0 Å². The molecule has 0 atom stereocenters. The number of benzene rings is 1. The fourth-order valence-corrected chi connectivity index (χ4v) is 3.34. The van der Waals surface area contributed by atoms with Gasteiger partial charge in [0, 0.05) is 47.1 Å². The van der Waals surface area contributed by atoms with E-state index in [-0.39, 0.29) is 0 Å². The number of pyridine rings is 2. The van der Waals surface area contributed by atoms with E-state index in [1.54, 1.807) is 20.4 Å². The van der Waals surface area contributed by atoms with Crippen LogP contribution < -0.4 is 14.8 Å². The second-order valence-corrected chi connectivity index (χ2v) is 7.33. The zero-order valence-electron chi connectivity index (χ0n) is 17.0. The fourth-order valence-electron chi connectivity index (χ4n) is 3.34. The Labute approximate surface area is 173 Å². The molecule has 1 N–H and O–H groups in total. The number of methoxy groups -OCH3 is 2. The molecule has 4 aromatic rings. The lowest BCUT2D eigenvalue weighted by molar-refractivity contribution is 0.395. The standard InChI is InChI=1S/C22H21N5O3/c1-12-4-7-17-19(25-14-8-15(28-2)10-16(9-14)29-3)18(11-23-21(17)24-12)22-26-20(27-30-22)13-5-6-13/h4,7-11,13H,5-6H2,1-3H3,(H,23,24,25). The van der Waals surface area contributed by atoms with E-state index >= 15 is 0 Å². The van der Waals surface area contributed by atoms with Gasteiger partial charge in [-0.15, -0.1) is 0 Å². The number of fused-ring (bicyclic) bond motifs is 1. The molecule has 30 heavy (non-hydrogen) atoms. The Kier molecular flexibility index (Phi) is 4.46. The van der Waals surface area contributed by atoms with E-state index < -0.39 is 0 Å². The quantitative estimate of drug-likeness (QED) is 0.498. The molecule has 1 saturated carbocycles. The average Bonchev–Trinajstić information content (AvgIpc) is 3.50. The van der Waals surface area contributed by atoms with Gasteiger partial charge in [0.15, 0.2) is 11.5 Å². The second-order valence-electron chi connectivity index (χ2n) is 7.33. The second kappa shape index (κ2) is 7.29. The molecule has 1 fully saturated rings. The highest BCUT2D eigenvalue weighted by atomic mass is 16.5. The lowest BCUT2D eigenvalue weighted by Crippen LogP contribution is -1.99. The Hall–Kier alpha value is -3.68. The highest BCUT2D eigenvalue weighted by molar-refractivity contribution is 5.98. The van der Waals surface area contributed by atoms with Gasteiger partial charge in [-0.1, -0.05) is 5.16 Å². The number of nitrogens with one attached hydrogen (secondary N) is 1. The van der Waals surface area contributed by atoms with Gasteiger partial charge in [-0.05, 0) is 31.9 Å². The number of ether oxygens (including phenoxy) is 2. The fraction of sp³-hybridized carbons (Fsp3) is 0.273. The molecule has 5 rings (SSSR count). The highest BCUT2D eigenvalue weighted by Crippen LogP contribution is 2.41. The molecule has 8 heteroatoms. The summed E-state index contributed by atoms with van der Waals surface area (Å²) >= 11 is 0. The predicted octanol–water partition coefficient (Wildman–Crippen LogP) is 4.63. The minimum atomic E-state index is 0.402. The van der Waals surface area contributed by atoms with Crippen LogP contribution >= 0.6 is 0 Å². The van der Waals surface area contributed by atoms with E-state index in [2.05, 4.69) is 25.4 Å². The first-order valence-corrected chi connectivity index (χ1v) is 9.75. The van der Waals surface area contributed by atoms with Crippen LogP contribution in [0.15, 0.2) is 41.1 Å². The van der Waals surface area contributed by atoms with Crippen molar-refractivity contribution >= 4 is 22.4 Å². The first-order chi connectivity index (χ1) is 14.6. The zero-order chi connectivity index (χ0) is 20.7. The molecule has 0 bridgehead atoms. The number of hydrogen-bond acceptors (Lipinski definition) is 8. The normalized spacial score (nSPS) is 13.4. The molecule has 1 aromatic carbocycles. The Balaban J connectivity index is 1.65. The molecule has 152 valence electrons. The van der Waals surface area contributed by atoms with E-state index in [9.17, 15) is 0 Å². The first kappa shape index (κ1) is 18.4. The Morgan fingerprint density at radius 2 is 1.80 bits per heavy atom. The lowest BCUT2D eigenvalue weighted by Gasteiger charge is -2.14. The van der Waals surface area contributed by atoms with Gasteiger partial charge in [0.1, 0.15) is 11.5 Å². The summed E-state index contributed by atoms with van der Waals surface area (Å²) in [5.41, 5.74) is 3.83. The third-order valence-corrected chi connectivity index (χ3v) is 5.10. The van der Waals surface area contributed by atoms with E-state index in [4.69, 9.17) is 14.0 Å². The van der Waals surface area contributed by atoms with Crippen LogP contribution in [0.2, 0.25) is 0 Å². The first-order valence-electron chi connectivity index (χ1n) is 9.75. The van der Waals surface area contributed by atoms with Crippen LogP contribution in [0, 0.1) is 6.92 Å². The van der Waals surface area contributed by atoms with E-state index in [1.165, 1.54) is 0 Å². The van der Waals surface area contributed by atoms with E-state index in [1.807, 2.05) is 37.3 Å². The van der Waals surface area contributed by atoms with Crippen molar-refractivity contribution < 1.29 is 14.0 Å². The van der Waals surface area contributed by atoms with Crippen LogP contribution in [-0.4, -0.2) is 34.3 Å². The summed E-state index contributed by atoms with van der Waals surface area (Å²) in [6, 6.07) is 9.55. The summed E-state index contributed by atoms with van der Waals surface area (Å²) in [5, 5.41) is 8.48. The van der Waals surface area contributed by atoms with E-state index in [0.717, 1.165) is 41.1 Å². The molecule has 0 amide bonds. The van der Waals surface area contributed by atoms with Gasteiger partial charge in [0.2, 0.25) is 0 Å². The lowest BCUT2D eigenvalue weighted by atomic mass is 10.1. The van der Waals surface area contributed by atoms with Crippen LogP contribution in [-0.2, 0) is 0 Å². The molecular weight excluding hydrogens is 382 g/mol. The smallest absolute Gasteiger partial charge is 0.261 e. The zero-order valence-corrected chi connectivity index (χ0v) is 17.0. The van der Waals surface area contributed by atoms with Gasteiger partial charge < -0.3 is 19.3 Å². The van der Waals surface area contributed by atoms with E-state index in [0.29, 0.717) is 34.5 Å². The van der Waals surface area contributed by atoms with Crippen LogP contribution in [0.4, 0.5) is 11.4 Å². The summed E-state index contributed by atoms with van der Waals surface area (Å²) in [6.45, 7) is 1.94. The average molecular weight is 403 g/mol. The van der Waals surface area contributed by atoms with Crippen molar-refractivity contribution in [3.63, 3.8) is 0 Å². The minimum absolute atomic E-state index is 0.402. The number of anilines is 2. The Morgan fingerprint density at radius 3 is 2.50 bits per heavy atom. The van der Waals surface area contributed by atoms with Crippen molar-refractivity contribution in [2.24, 2.45) is 0 Å². The SMILES string of the molecule is COc1cc(Nc2c(-c3nc(C4CC4)no3)cnc3nc(C)ccc23)cc(OC)c1. The van der Waals surface area contributed by atoms with Crippen molar-refractivity contribution in [3.05, 3.63) is 48.0 Å². The molecule has 0 aliphatic heterocycles. The maximum atomic E-state index is 5.58. The number of rotatable bonds is 6. The third kappa shape index (κ3) is 3.41. The summed E-state index contributed by atoms with van der Waals surface area (Å²) in [5.74, 6) is 2.95. The summed E-state index contributed by atoms with van der Waals surface area (Å²) in [6.07, 6.45) is 3.93. The molecule has 0 radical (unpaired) electrons. The molecular formula is C22H21N5O3. The largest absolute Gasteiger partial charge is 0.497 e. The number of hydrogen-bond donors (Lipinski definition) is 1. The highest BCUT2D eigenvalue weighted by Gasteiger charge is 2.29. The van der Waals surface area contributed by atoms with Crippen LogP contribution in [0.3, 0.4) is 0 Å². The topological polar surface area (TPSA) is 95.2 Å². The van der Waals surface area contributed by atoms with Crippen molar-refractivity contribution in [3.8, 4) is 23.0 Å². The maximum absolute atomic E-state index is 5.58. The van der Waals surface area contributed by atoms with Gasteiger partial charge in [-0.3, -0.25) is 0 Å². The van der Waals surface area contributed by atoms with Crippen LogP contribution in [0.1, 0.15) is 30.3 Å². The minimum Gasteiger partial charge on any atom is -0.497 e. The third-order valence-electron chi connectivity index (χ3n) is 5.10. The molecule has 1 aliphatic rings. The van der Waals surface area contributed by atoms with Gasteiger partial charge in [0.25, 0.3) is 5.89 Å². The summed E-state index contributed by atoms with van der Waals surface area (Å²) < 4.78 is 16.4. The summed E-state index contributed by atoms with van der Waals surface area (Å²) in [4.78, 5) is 13.7. The molecule has 8 nitrogen and oxygen atoms in total. The number of aryl methyl sites for hydroxylation is 1. The number of aromatic nitrogens is 4. The van der Waals surface area contributed by atoms with Crippen molar-refractivity contribution in [1.29, 1.82) is 0 Å². The summed E-state index contributed by atoms with van der Waals surface area (Å²) in [7, 11) is 3.24. The molecule has 3 aromatic heterocycles. The van der Waals surface area contributed by atoms with Crippen molar-refractivity contribution in [2.75, 3.05) is 19.5 Å². The Morgan fingerprint density at radius 1 is 1.03 bits per heavy atom. The molecule has 0 spiro atoms. The van der Waals surface area contributed by atoms with Gasteiger partial charge in [0.05, 0.1) is 25.5 Å². The van der Waals surface area contributed by atoms with Crippen molar-refractivity contribution in [1.82, 2.24) is 20.1 Å². The predicted molar refractivity (Wildman–Crippen MR) is 112 cm³/mol. The molecule has 1 aliphatic carbocycles. The number of nitrogens with zero attached hydrogens (tertiary/aromatic N) is 4. The van der Waals surface area contributed by atoms with Gasteiger partial charge in [-0.25, -0.2) is 9.97 Å². The molecule has 3 heterocycles. The Bertz CT molecular complexity index is 1210. The molecule has 0 unspecified atom stereocenters. The molecule has 0 saturated heterocycles. The van der Waals surface area contributed by atoms with Crippen molar-refractivity contribution in [2.45, 2.75) is 25.7 Å². The van der Waals surface area contributed by atoms with Crippen LogP contribution in [0.25, 0.3) is 22.5 Å². The van der Waals surface area contributed by atoms with Crippen LogP contribution in [0.5, 0.6) is 11.5 Å².